The minimum absolute atomic E-state index is 0.597. The van der Waals surface area contributed by atoms with Gasteiger partial charge in [0.05, 0.1) is 11.3 Å². The molecule has 2 aromatic heterocycles. The summed E-state index contributed by atoms with van der Waals surface area (Å²) in [5.41, 5.74) is 6.38. The highest BCUT2D eigenvalue weighted by atomic mass is 32.2. The van der Waals surface area contributed by atoms with Crippen molar-refractivity contribution in [3.63, 3.8) is 0 Å². The SMILES string of the molecule is NCCSCc1noc(-c2ccsc2)n1. The van der Waals surface area contributed by atoms with Gasteiger partial charge < -0.3 is 10.3 Å². The quantitative estimate of drug-likeness (QED) is 0.811. The topological polar surface area (TPSA) is 64.9 Å². The number of thioether (sulfide) groups is 1. The molecular weight excluding hydrogens is 230 g/mol. The van der Waals surface area contributed by atoms with E-state index in [4.69, 9.17) is 10.3 Å². The second-order valence-corrected chi connectivity index (χ2v) is 4.75. The second kappa shape index (κ2) is 5.29. The molecule has 0 unspecified atom stereocenters. The summed E-state index contributed by atoms with van der Waals surface area (Å²) in [6.07, 6.45) is 0. The Morgan fingerprint density at radius 3 is 3.20 bits per heavy atom. The second-order valence-electron chi connectivity index (χ2n) is 2.87. The summed E-state index contributed by atoms with van der Waals surface area (Å²) in [4.78, 5) is 4.29. The molecule has 4 nitrogen and oxygen atoms in total. The average Bonchev–Trinajstić information content (AvgIpc) is 2.87. The van der Waals surface area contributed by atoms with Crippen molar-refractivity contribution < 1.29 is 4.52 Å². The fourth-order valence-electron chi connectivity index (χ4n) is 1.06. The molecule has 0 radical (unpaired) electrons. The van der Waals surface area contributed by atoms with Gasteiger partial charge in [-0.2, -0.15) is 28.1 Å². The molecule has 2 N–H and O–H groups in total. The normalized spacial score (nSPS) is 10.7. The zero-order valence-electron chi connectivity index (χ0n) is 8.05. The van der Waals surface area contributed by atoms with Gasteiger partial charge in [0.15, 0.2) is 5.82 Å². The zero-order valence-corrected chi connectivity index (χ0v) is 9.68. The molecule has 6 heteroatoms. The lowest BCUT2D eigenvalue weighted by atomic mass is 10.3. The van der Waals surface area contributed by atoms with Crippen molar-refractivity contribution in [1.82, 2.24) is 10.1 Å². The van der Waals surface area contributed by atoms with Crippen LogP contribution in [-0.2, 0) is 5.75 Å². The summed E-state index contributed by atoms with van der Waals surface area (Å²) in [6.45, 7) is 0.680. The molecule has 80 valence electrons. The molecule has 2 rings (SSSR count). The Morgan fingerprint density at radius 2 is 2.47 bits per heavy atom. The molecule has 0 spiro atoms. The Balaban J connectivity index is 1.98. The predicted octanol–water partition coefficient (Wildman–Crippen LogP) is 1.99. The van der Waals surface area contributed by atoms with Crippen LogP contribution >= 0.6 is 23.1 Å². The van der Waals surface area contributed by atoms with Gasteiger partial charge in [-0.05, 0) is 11.4 Å². The van der Waals surface area contributed by atoms with Gasteiger partial charge in [0.1, 0.15) is 0 Å². The summed E-state index contributed by atoms with van der Waals surface area (Å²) in [5.74, 6) is 3.00. The van der Waals surface area contributed by atoms with Crippen LogP contribution in [0.3, 0.4) is 0 Å². The smallest absolute Gasteiger partial charge is 0.258 e. The molecule has 0 bridgehead atoms. The molecule has 0 amide bonds. The molecule has 2 heterocycles. The van der Waals surface area contributed by atoms with E-state index < -0.39 is 0 Å². The third-order valence-corrected chi connectivity index (χ3v) is 3.40. The Hall–Kier alpha value is -0.850. The lowest BCUT2D eigenvalue weighted by Crippen LogP contribution is -2.01. The summed E-state index contributed by atoms with van der Waals surface area (Å²) < 4.78 is 5.14. The molecule has 0 aliphatic carbocycles. The van der Waals surface area contributed by atoms with Crippen molar-refractivity contribution in [2.45, 2.75) is 5.75 Å². The van der Waals surface area contributed by atoms with Gasteiger partial charge in [0, 0.05) is 17.7 Å². The minimum Gasteiger partial charge on any atom is -0.334 e. The van der Waals surface area contributed by atoms with E-state index in [2.05, 4.69) is 10.1 Å². The fraction of sp³-hybridized carbons (Fsp3) is 0.333. The van der Waals surface area contributed by atoms with Gasteiger partial charge in [-0.25, -0.2) is 0 Å². The average molecular weight is 241 g/mol. The monoisotopic (exact) mass is 241 g/mol. The number of aromatic nitrogens is 2. The summed E-state index contributed by atoms with van der Waals surface area (Å²) >= 11 is 3.33. The van der Waals surface area contributed by atoms with Gasteiger partial charge in [-0.15, -0.1) is 0 Å². The summed E-state index contributed by atoms with van der Waals surface area (Å²) in [6, 6.07) is 1.97. The van der Waals surface area contributed by atoms with Crippen molar-refractivity contribution >= 4 is 23.1 Å². The third-order valence-electron chi connectivity index (χ3n) is 1.73. The largest absolute Gasteiger partial charge is 0.334 e. The highest BCUT2D eigenvalue weighted by Gasteiger charge is 2.08. The molecule has 2 aromatic rings. The fourth-order valence-corrected chi connectivity index (χ4v) is 2.30. The number of thiophene rings is 1. The van der Waals surface area contributed by atoms with E-state index in [1.807, 2.05) is 16.8 Å². The van der Waals surface area contributed by atoms with Crippen molar-refractivity contribution in [3.05, 3.63) is 22.7 Å². The Morgan fingerprint density at radius 1 is 1.53 bits per heavy atom. The maximum atomic E-state index is 5.39. The van der Waals surface area contributed by atoms with Gasteiger partial charge in [-0.1, -0.05) is 5.16 Å². The van der Waals surface area contributed by atoms with Crippen LogP contribution in [-0.4, -0.2) is 22.4 Å². The van der Waals surface area contributed by atoms with Crippen LogP contribution in [0.15, 0.2) is 21.3 Å². The van der Waals surface area contributed by atoms with Crippen molar-refractivity contribution in [2.24, 2.45) is 5.73 Å². The lowest BCUT2D eigenvalue weighted by Gasteiger charge is -1.91. The van der Waals surface area contributed by atoms with E-state index in [1.54, 1.807) is 23.1 Å². The minimum atomic E-state index is 0.597. The first-order valence-electron chi connectivity index (χ1n) is 4.53. The number of rotatable bonds is 5. The van der Waals surface area contributed by atoms with Gasteiger partial charge in [0.25, 0.3) is 5.89 Å². The van der Waals surface area contributed by atoms with E-state index >= 15 is 0 Å². The third kappa shape index (κ3) is 2.80. The summed E-state index contributed by atoms with van der Waals surface area (Å²) in [5, 5.41) is 7.88. The zero-order chi connectivity index (χ0) is 10.5. The van der Waals surface area contributed by atoms with E-state index in [1.165, 1.54) is 0 Å². The van der Waals surface area contributed by atoms with Crippen LogP contribution in [0.2, 0.25) is 0 Å². The molecule has 15 heavy (non-hydrogen) atoms. The summed E-state index contributed by atoms with van der Waals surface area (Å²) in [7, 11) is 0. The van der Waals surface area contributed by atoms with Crippen LogP contribution in [0.25, 0.3) is 11.5 Å². The van der Waals surface area contributed by atoms with Gasteiger partial charge in [-0.3, -0.25) is 0 Å². The van der Waals surface area contributed by atoms with Crippen LogP contribution in [0, 0.1) is 0 Å². The number of hydrogen-bond acceptors (Lipinski definition) is 6. The van der Waals surface area contributed by atoms with Crippen LogP contribution in [0.5, 0.6) is 0 Å². The van der Waals surface area contributed by atoms with E-state index in [9.17, 15) is 0 Å². The molecule has 0 fully saturated rings. The first-order chi connectivity index (χ1) is 7.40. The molecule has 0 aromatic carbocycles. The standard InChI is InChI=1S/C9H11N3OS2/c10-2-4-15-6-8-11-9(13-12-8)7-1-3-14-5-7/h1,3,5H,2,4,6,10H2. The molecule has 0 saturated carbocycles. The number of nitrogens with two attached hydrogens (primary N) is 1. The predicted molar refractivity (Wildman–Crippen MR) is 62.8 cm³/mol. The highest BCUT2D eigenvalue weighted by molar-refractivity contribution is 7.98. The van der Waals surface area contributed by atoms with E-state index in [0.717, 1.165) is 22.9 Å². The van der Waals surface area contributed by atoms with Crippen LogP contribution < -0.4 is 5.73 Å². The maximum absolute atomic E-state index is 5.39. The first kappa shape index (κ1) is 10.7. The first-order valence-corrected chi connectivity index (χ1v) is 6.63. The molecule has 0 atom stereocenters. The van der Waals surface area contributed by atoms with Gasteiger partial charge >= 0.3 is 0 Å². The molecule has 0 aliphatic rings. The van der Waals surface area contributed by atoms with Crippen molar-refractivity contribution in [3.8, 4) is 11.5 Å². The van der Waals surface area contributed by atoms with Crippen molar-refractivity contribution in [2.75, 3.05) is 12.3 Å². The van der Waals surface area contributed by atoms with E-state index in [-0.39, 0.29) is 0 Å². The van der Waals surface area contributed by atoms with Crippen LogP contribution in [0.4, 0.5) is 0 Å². The molecular formula is C9H11N3OS2. The number of nitrogens with zero attached hydrogens (tertiary/aromatic N) is 2. The highest BCUT2D eigenvalue weighted by Crippen LogP contribution is 2.20. The van der Waals surface area contributed by atoms with Crippen molar-refractivity contribution in [1.29, 1.82) is 0 Å². The Kier molecular flexibility index (Phi) is 3.76. The Bertz CT molecular complexity index is 399. The Labute approximate surface area is 95.9 Å². The van der Waals surface area contributed by atoms with Gasteiger partial charge in [0.2, 0.25) is 0 Å². The molecule has 0 saturated heterocycles. The number of hydrogen-bond donors (Lipinski definition) is 1. The van der Waals surface area contributed by atoms with Crippen LogP contribution in [0.1, 0.15) is 5.82 Å². The van der Waals surface area contributed by atoms with E-state index in [0.29, 0.717) is 12.4 Å². The maximum Gasteiger partial charge on any atom is 0.258 e. The lowest BCUT2D eigenvalue weighted by molar-refractivity contribution is 0.425. The molecule has 0 aliphatic heterocycles.